The van der Waals surface area contributed by atoms with Gasteiger partial charge < -0.3 is 10.4 Å². The molecule has 16 heavy (non-hydrogen) atoms. The average Bonchev–Trinajstić information content (AvgIpc) is 2.74. The normalized spacial score (nSPS) is 26.2. The van der Waals surface area contributed by atoms with E-state index >= 15 is 0 Å². The van der Waals surface area contributed by atoms with Gasteiger partial charge in [-0.1, -0.05) is 0 Å². The van der Waals surface area contributed by atoms with E-state index in [-0.39, 0.29) is 6.42 Å². The third-order valence-corrected chi connectivity index (χ3v) is 2.66. The van der Waals surface area contributed by atoms with Crippen LogP contribution in [-0.4, -0.2) is 34.0 Å². The van der Waals surface area contributed by atoms with Crippen LogP contribution in [-0.2, 0) is 12.6 Å². The highest BCUT2D eigenvalue weighted by Crippen LogP contribution is 2.29. The van der Waals surface area contributed by atoms with Crippen LogP contribution in [0.2, 0.25) is 0 Å². The Balaban J connectivity index is 2.08. The number of nitrogens with one attached hydrogen (secondary N) is 2. The fraction of sp³-hybridized carbons (Fsp3) is 0.667. The highest BCUT2D eigenvalue weighted by molar-refractivity contribution is 5.14. The van der Waals surface area contributed by atoms with Gasteiger partial charge in [-0.3, -0.25) is 5.10 Å². The van der Waals surface area contributed by atoms with Gasteiger partial charge in [0.25, 0.3) is 0 Å². The molecule has 90 valence electrons. The predicted molar refractivity (Wildman–Crippen MR) is 49.7 cm³/mol. The smallest absolute Gasteiger partial charge is 0.388 e. The van der Waals surface area contributed by atoms with E-state index in [1.165, 1.54) is 0 Å². The first-order valence-electron chi connectivity index (χ1n) is 4.94. The Bertz CT molecular complexity index is 368. The van der Waals surface area contributed by atoms with Gasteiger partial charge >= 0.3 is 6.18 Å². The number of aromatic amines is 1. The molecule has 1 aliphatic rings. The number of nitrogens with zero attached hydrogens (tertiary/aromatic N) is 1. The van der Waals surface area contributed by atoms with Gasteiger partial charge in [-0.2, -0.15) is 18.3 Å². The molecule has 7 heteroatoms. The van der Waals surface area contributed by atoms with Crippen LogP contribution in [0.4, 0.5) is 13.2 Å². The Morgan fingerprint density at radius 2 is 2.25 bits per heavy atom. The van der Waals surface area contributed by atoms with Crippen molar-refractivity contribution in [2.45, 2.75) is 24.6 Å². The molecular weight excluding hydrogens is 223 g/mol. The van der Waals surface area contributed by atoms with Crippen LogP contribution >= 0.6 is 0 Å². The van der Waals surface area contributed by atoms with Gasteiger partial charge in [0.15, 0.2) is 5.69 Å². The first kappa shape index (κ1) is 11.4. The molecular formula is C9H12F3N3O. The fourth-order valence-electron chi connectivity index (χ4n) is 1.83. The lowest BCUT2D eigenvalue weighted by Gasteiger charge is -2.19. The van der Waals surface area contributed by atoms with Crippen molar-refractivity contribution in [2.75, 3.05) is 13.1 Å². The van der Waals surface area contributed by atoms with Gasteiger partial charge in [0, 0.05) is 18.7 Å². The monoisotopic (exact) mass is 235 g/mol. The van der Waals surface area contributed by atoms with Crippen molar-refractivity contribution >= 4 is 0 Å². The summed E-state index contributed by atoms with van der Waals surface area (Å²) in [4.78, 5) is 0. The largest absolute Gasteiger partial charge is 0.435 e. The summed E-state index contributed by atoms with van der Waals surface area (Å²) in [6.45, 7) is 1.07. The molecule has 1 atom stereocenters. The second-order valence-electron chi connectivity index (χ2n) is 4.10. The Labute approximate surface area is 89.9 Å². The SMILES string of the molecule is OC1(Cc2cc(C(F)(F)F)n[nH]2)CCNC1. The van der Waals surface area contributed by atoms with Crippen LogP contribution in [0.15, 0.2) is 6.07 Å². The van der Waals surface area contributed by atoms with Crippen molar-refractivity contribution in [3.8, 4) is 0 Å². The molecule has 0 amide bonds. The van der Waals surface area contributed by atoms with Crippen LogP contribution < -0.4 is 5.32 Å². The van der Waals surface area contributed by atoms with Gasteiger partial charge in [0.2, 0.25) is 0 Å². The van der Waals surface area contributed by atoms with Crippen LogP contribution in [0.25, 0.3) is 0 Å². The fourth-order valence-corrected chi connectivity index (χ4v) is 1.83. The van der Waals surface area contributed by atoms with E-state index in [0.29, 0.717) is 25.2 Å². The summed E-state index contributed by atoms with van der Waals surface area (Å²) in [7, 11) is 0. The molecule has 1 aromatic rings. The number of hydrogen-bond acceptors (Lipinski definition) is 3. The summed E-state index contributed by atoms with van der Waals surface area (Å²) in [6.07, 6.45) is -3.75. The molecule has 1 fully saturated rings. The van der Waals surface area contributed by atoms with E-state index < -0.39 is 17.5 Å². The minimum absolute atomic E-state index is 0.156. The minimum Gasteiger partial charge on any atom is -0.388 e. The molecule has 1 saturated heterocycles. The van der Waals surface area contributed by atoms with E-state index in [0.717, 1.165) is 6.07 Å². The molecule has 2 rings (SSSR count). The Morgan fingerprint density at radius 3 is 2.75 bits per heavy atom. The molecule has 0 aliphatic carbocycles. The van der Waals surface area contributed by atoms with Gasteiger partial charge in [-0.05, 0) is 19.0 Å². The van der Waals surface area contributed by atoms with Crippen molar-refractivity contribution in [3.05, 3.63) is 17.5 Å². The lowest BCUT2D eigenvalue weighted by Crippen LogP contribution is -2.33. The molecule has 1 aromatic heterocycles. The van der Waals surface area contributed by atoms with E-state index in [9.17, 15) is 18.3 Å². The molecule has 0 saturated carbocycles. The van der Waals surface area contributed by atoms with Gasteiger partial charge in [0.1, 0.15) is 0 Å². The second-order valence-corrected chi connectivity index (χ2v) is 4.10. The molecule has 0 bridgehead atoms. The Morgan fingerprint density at radius 1 is 1.50 bits per heavy atom. The van der Waals surface area contributed by atoms with E-state index in [4.69, 9.17) is 0 Å². The maximum Gasteiger partial charge on any atom is 0.435 e. The summed E-state index contributed by atoms with van der Waals surface area (Å²) in [5.74, 6) is 0. The zero-order chi connectivity index (χ0) is 11.8. The number of hydrogen-bond donors (Lipinski definition) is 3. The van der Waals surface area contributed by atoms with Crippen LogP contribution in [0.5, 0.6) is 0 Å². The zero-order valence-electron chi connectivity index (χ0n) is 8.43. The topological polar surface area (TPSA) is 60.9 Å². The highest BCUT2D eigenvalue weighted by Gasteiger charge is 2.36. The number of aliphatic hydroxyl groups is 1. The van der Waals surface area contributed by atoms with Crippen LogP contribution in [0.1, 0.15) is 17.8 Å². The van der Waals surface area contributed by atoms with Gasteiger partial charge in [0.05, 0.1) is 5.60 Å². The minimum atomic E-state index is -4.44. The van der Waals surface area contributed by atoms with Crippen molar-refractivity contribution in [1.82, 2.24) is 15.5 Å². The first-order chi connectivity index (χ1) is 7.39. The van der Waals surface area contributed by atoms with Crippen molar-refractivity contribution in [2.24, 2.45) is 0 Å². The molecule has 3 N–H and O–H groups in total. The number of H-pyrrole nitrogens is 1. The van der Waals surface area contributed by atoms with Gasteiger partial charge in [-0.25, -0.2) is 0 Å². The van der Waals surface area contributed by atoms with Crippen LogP contribution in [0.3, 0.4) is 0 Å². The first-order valence-corrected chi connectivity index (χ1v) is 4.94. The highest BCUT2D eigenvalue weighted by atomic mass is 19.4. The summed E-state index contributed by atoms with van der Waals surface area (Å²) in [6, 6.07) is 0.941. The molecule has 0 aromatic carbocycles. The standard InChI is InChI=1S/C9H12F3N3O/c10-9(11,12)7-3-6(14-15-7)4-8(16)1-2-13-5-8/h3,13,16H,1-2,4-5H2,(H,14,15). The summed E-state index contributed by atoms with van der Waals surface area (Å²) >= 11 is 0. The van der Waals surface area contributed by atoms with E-state index in [2.05, 4.69) is 15.5 Å². The summed E-state index contributed by atoms with van der Waals surface area (Å²) in [5.41, 5.74) is -1.61. The maximum absolute atomic E-state index is 12.3. The Hall–Kier alpha value is -1.08. The van der Waals surface area contributed by atoms with E-state index in [1.54, 1.807) is 0 Å². The lowest BCUT2D eigenvalue weighted by molar-refractivity contribution is -0.141. The number of halogens is 3. The maximum atomic E-state index is 12.3. The number of rotatable bonds is 2. The molecule has 1 unspecified atom stereocenters. The molecule has 1 aliphatic heterocycles. The van der Waals surface area contributed by atoms with Gasteiger partial charge in [-0.15, -0.1) is 0 Å². The summed E-state index contributed by atoms with van der Waals surface area (Å²) in [5, 5.41) is 18.4. The van der Waals surface area contributed by atoms with Crippen molar-refractivity contribution in [1.29, 1.82) is 0 Å². The number of alkyl halides is 3. The van der Waals surface area contributed by atoms with Crippen molar-refractivity contribution < 1.29 is 18.3 Å². The van der Waals surface area contributed by atoms with Crippen molar-refractivity contribution in [3.63, 3.8) is 0 Å². The third-order valence-electron chi connectivity index (χ3n) is 2.66. The van der Waals surface area contributed by atoms with Crippen LogP contribution in [0, 0.1) is 0 Å². The zero-order valence-corrected chi connectivity index (χ0v) is 8.43. The second kappa shape index (κ2) is 3.74. The van der Waals surface area contributed by atoms with E-state index in [1.807, 2.05) is 0 Å². The molecule has 0 spiro atoms. The third kappa shape index (κ3) is 2.35. The molecule has 0 radical (unpaired) electrons. The predicted octanol–water partition coefficient (Wildman–Crippen LogP) is 0.695. The Kier molecular flexibility index (Phi) is 2.67. The molecule has 4 nitrogen and oxygen atoms in total. The number of aromatic nitrogens is 2. The quantitative estimate of drug-likeness (QED) is 0.707. The summed E-state index contributed by atoms with van der Waals surface area (Å²) < 4.78 is 36.8. The lowest BCUT2D eigenvalue weighted by atomic mass is 9.97. The average molecular weight is 235 g/mol. The molecule has 2 heterocycles. The number of β-amino-alcohol motifs (C(OH)–C–C–N with tert-alkyl or cyclic N) is 1.